The van der Waals surface area contributed by atoms with Gasteiger partial charge < -0.3 is 4.74 Å². The van der Waals surface area contributed by atoms with E-state index in [2.05, 4.69) is 15.3 Å². The van der Waals surface area contributed by atoms with Crippen molar-refractivity contribution in [1.82, 2.24) is 9.97 Å². The number of anilines is 1. The van der Waals surface area contributed by atoms with Crippen LogP contribution in [0.25, 0.3) is 0 Å². The van der Waals surface area contributed by atoms with Crippen LogP contribution in [-0.4, -0.2) is 29.1 Å². The number of carbonyl (C=O) groups is 1. The third-order valence-electron chi connectivity index (χ3n) is 2.05. The Morgan fingerprint density at radius 2 is 2.44 bits per heavy atom. The van der Waals surface area contributed by atoms with Gasteiger partial charge in [0.15, 0.2) is 0 Å². The molecule has 1 amide bonds. The first kappa shape index (κ1) is 12.9. The maximum absolute atomic E-state index is 11.5. The minimum absolute atomic E-state index is 0.0611. The SMILES string of the molecule is COC(C)CCC(=O)Nc1nccc(Cl)n1. The molecule has 5 nitrogen and oxygen atoms in total. The van der Waals surface area contributed by atoms with E-state index in [1.54, 1.807) is 13.2 Å². The third kappa shape index (κ3) is 4.55. The Labute approximate surface area is 99.2 Å². The molecule has 0 aromatic carbocycles. The molecule has 0 saturated heterocycles. The van der Waals surface area contributed by atoms with Crippen molar-refractivity contribution in [3.63, 3.8) is 0 Å². The van der Waals surface area contributed by atoms with Crippen LogP contribution in [0.3, 0.4) is 0 Å². The van der Waals surface area contributed by atoms with Crippen LogP contribution >= 0.6 is 11.6 Å². The fraction of sp³-hybridized carbons (Fsp3) is 0.500. The zero-order valence-corrected chi connectivity index (χ0v) is 9.99. The van der Waals surface area contributed by atoms with E-state index in [-0.39, 0.29) is 18.0 Å². The summed E-state index contributed by atoms with van der Waals surface area (Å²) in [6.45, 7) is 1.91. The van der Waals surface area contributed by atoms with Crippen molar-refractivity contribution >= 4 is 23.5 Å². The highest BCUT2D eigenvalue weighted by Crippen LogP contribution is 2.07. The first-order valence-corrected chi connectivity index (χ1v) is 5.31. The van der Waals surface area contributed by atoms with Gasteiger partial charge in [0.05, 0.1) is 6.10 Å². The number of ether oxygens (including phenoxy) is 1. The summed E-state index contributed by atoms with van der Waals surface area (Å²) in [4.78, 5) is 19.2. The van der Waals surface area contributed by atoms with Crippen molar-refractivity contribution in [3.05, 3.63) is 17.4 Å². The number of carbonyl (C=O) groups excluding carboxylic acids is 1. The summed E-state index contributed by atoms with van der Waals surface area (Å²) < 4.78 is 5.04. The van der Waals surface area contributed by atoms with Crippen LogP contribution in [0.15, 0.2) is 12.3 Å². The van der Waals surface area contributed by atoms with Crippen molar-refractivity contribution in [2.75, 3.05) is 12.4 Å². The van der Waals surface area contributed by atoms with E-state index >= 15 is 0 Å². The summed E-state index contributed by atoms with van der Waals surface area (Å²) in [5, 5.41) is 2.86. The number of amides is 1. The molecule has 1 N–H and O–H groups in total. The van der Waals surface area contributed by atoms with Gasteiger partial charge in [0.25, 0.3) is 0 Å². The van der Waals surface area contributed by atoms with Crippen molar-refractivity contribution < 1.29 is 9.53 Å². The van der Waals surface area contributed by atoms with Crippen LogP contribution in [0, 0.1) is 0 Å². The zero-order valence-electron chi connectivity index (χ0n) is 9.24. The molecule has 0 aliphatic carbocycles. The molecule has 0 aliphatic rings. The second-order valence-electron chi connectivity index (χ2n) is 3.34. The summed E-state index contributed by atoms with van der Waals surface area (Å²) in [5.41, 5.74) is 0. The lowest BCUT2D eigenvalue weighted by molar-refractivity contribution is -0.116. The predicted octanol–water partition coefficient (Wildman–Crippen LogP) is 1.88. The Balaban J connectivity index is 2.40. The molecule has 0 bridgehead atoms. The molecule has 0 aliphatic heterocycles. The van der Waals surface area contributed by atoms with Gasteiger partial charge in [-0.3, -0.25) is 10.1 Å². The molecule has 1 rings (SSSR count). The van der Waals surface area contributed by atoms with E-state index in [4.69, 9.17) is 16.3 Å². The Morgan fingerprint density at radius 1 is 1.69 bits per heavy atom. The molecule has 16 heavy (non-hydrogen) atoms. The van der Waals surface area contributed by atoms with Gasteiger partial charge >= 0.3 is 0 Å². The second kappa shape index (κ2) is 6.40. The monoisotopic (exact) mass is 243 g/mol. The molecule has 1 heterocycles. The Kier molecular flexibility index (Phi) is 5.14. The van der Waals surface area contributed by atoms with Crippen LogP contribution < -0.4 is 5.32 Å². The van der Waals surface area contributed by atoms with Crippen molar-refractivity contribution in [2.24, 2.45) is 0 Å². The molecule has 88 valence electrons. The number of methoxy groups -OCH3 is 1. The quantitative estimate of drug-likeness (QED) is 0.802. The third-order valence-corrected chi connectivity index (χ3v) is 2.26. The molecule has 1 unspecified atom stereocenters. The molecule has 1 aromatic heterocycles. The second-order valence-corrected chi connectivity index (χ2v) is 3.72. The first-order valence-electron chi connectivity index (χ1n) is 4.93. The highest BCUT2D eigenvalue weighted by molar-refractivity contribution is 6.29. The topological polar surface area (TPSA) is 64.1 Å². The standard InChI is InChI=1S/C10H14ClN3O2/c1-7(16-2)3-4-9(15)14-10-12-6-5-8(11)13-10/h5-7H,3-4H2,1-2H3,(H,12,13,14,15). The van der Waals surface area contributed by atoms with E-state index < -0.39 is 0 Å². The Hall–Kier alpha value is -1.20. The Morgan fingerprint density at radius 3 is 3.06 bits per heavy atom. The normalized spacial score (nSPS) is 12.2. The number of hydrogen-bond acceptors (Lipinski definition) is 4. The van der Waals surface area contributed by atoms with E-state index in [1.807, 2.05) is 6.92 Å². The van der Waals surface area contributed by atoms with Gasteiger partial charge in [-0.05, 0) is 19.4 Å². The lowest BCUT2D eigenvalue weighted by Crippen LogP contribution is -2.16. The number of rotatable bonds is 5. The predicted molar refractivity (Wildman–Crippen MR) is 61.4 cm³/mol. The maximum Gasteiger partial charge on any atom is 0.230 e. The van der Waals surface area contributed by atoms with E-state index in [1.165, 1.54) is 6.20 Å². The first-order chi connectivity index (χ1) is 7.61. The highest BCUT2D eigenvalue weighted by Gasteiger charge is 2.07. The number of nitrogens with one attached hydrogen (secondary N) is 1. The average Bonchev–Trinajstić information content (AvgIpc) is 2.26. The van der Waals surface area contributed by atoms with Gasteiger partial charge in [0.1, 0.15) is 5.15 Å². The lowest BCUT2D eigenvalue weighted by Gasteiger charge is -2.08. The highest BCUT2D eigenvalue weighted by atomic mass is 35.5. The summed E-state index contributed by atoms with van der Waals surface area (Å²) in [6, 6.07) is 1.55. The van der Waals surface area contributed by atoms with Gasteiger partial charge in [-0.15, -0.1) is 0 Å². The van der Waals surface area contributed by atoms with Gasteiger partial charge in [-0.25, -0.2) is 9.97 Å². The smallest absolute Gasteiger partial charge is 0.230 e. The summed E-state index contributed by atoms with van der Waals surface area (Å²) in [5.74, 6) is 0.0775. The van der Waals surface area contributed by atoms with Crippen LogP contribution in [0.5, 0.6) is 0 Å². The fourth-order valence-corrected chi connectivity index (χ4v) is 1.17. The molecular formula is C10H14ClN3O2. The number of halogens is 1. The number of aromatic nitrogens is 2. The van der Waals surface area contributed by atoms with Gasteiger partial charge in [0.2, 0.25) is 11.9 Å². The average molecular weight is 244 g/mol. The molecule has 0 radical (unpaired) electrons. The van der Waals surface area contributed by atoms with Crippen LogP contribution in [0.2, 0.25) is 5.15 Å². The van der Waals surface area contributed by atoms with Crippen molar-refractivity contribution in [3.8, 4) is 0 Å². The molecular weight excluding hydrogens is 230 g/mol. The van der Waals surface area contributed by atoms with Crippen molar-refractivity contribution in [2.45, 2.75) is 25.9 Å². The molecule has 0 fully saturated rings. The molecule has 1 aromatic rings. The van der Waals surface area contributed by atoms with Crippen LogP contribution in [0.1, 0.15) is 19.8 Å². The molecule has 0 saturated carbocycles. The van der Waals surface area contributed by atoms with Crippen molar-refractivity contribution in [1.29, 1.82) is 0 Å². The van der Waals surface area contributed by atoms with Gasteiger partial charge in [-0.2, -0.15) is 0 Å². The van der Waals surface area contributed by atoms with E-state index in [0.29, 0.717) is 18.0 Å². The van der Waals surface area contributed by atoms with E-state index in [0.717, 1.165) is 0 Å². The van der Waals surface area contributed by atoms with Crippen LogP contribution in [-0.2, 0) is 9.53 Å². The molecule has 6 heteroatoms. The summed E-state index contributed by atoms with van der Waals surface area (Å²) >= 11 is 5.66. The van der Waals surface area contributed by atoms with E-state index in [9.17, 15) is 4.79 Å². The molecule has 0 spiro atoms. The van der Waals surface area contributed by atoms with Crippen LogP contribution in [0.4, 0.5) is 5.95 Å². The number of nitrogens with zero attached hydrogens (tertiary/aromatic N) is 2. The van der Waals surface area contributed by atoms with Gasteiger partial charge in [-0.1, -0.05) is 11.6 Å². The zero-order chi connectivity index (χ0) is 12.0. The lowest BCUT2D eigenvalue weighted by atomic mass is 10.2. The minimum atomic E-state index is -0.147. The fourth-order valence-electron chi connectivity index (χ4n) is 1.04. The maximum atomic E-state index is 11.5. The summed E-state index contributed by atoms with van der Waals surface area (Å²) in [7, 11) is 1.61. The van der Waals surface area contributed by atoms with Gasteiger partial charge in [0, 0.05) is 19.7 Å². The Bertz CT molecular complexity index is 360. The number of hydrogen-bond donors (Lipinski definition) is 1. The minimum Gasteiger partial charge on any atom is -0.382 e. The summed E-state index contributed by atoms with van der Waals surface area (Å²) in [6.07, 6.45) is 2.57. The molecule has 1 atom stereocenters. The largest absolute Gasteiger partial charge is 0.382 e.